The van der Waals surface area contributed by atoms with Crippen LogP contribution in [0.3, 0.4) is 0 Å². The maximum Gasteiger partial charge on any atom is 0.231 e. The lowest BCUT2D eigenvalue weighted by Gasteiger charge is -2.18. The Bertz CT molecular complexity index is 727. The fraction of sp³-hybridized carbons (Fsp3) is 0.278. The van der Waals surface area contributed by atoms with E-state index in [1.807, 2.05) is 49.4 Å². The maximum atomic E-state index is 12.5. The Morgan fingerprint density at radius 1 is 1.17 bits per heavy atom. The molecule has 1 fully saturated rings. The van der Waals surface area contributed by atoms with E-state index in [0.717, 1.165) is 23.1 Å². The van der Waals surface area contributed by atoms with Crippen molar-refractivity contribution in [1.82, 2.24) is 4.90 Å². The summed E-state index contributed by atoms with van der Waals surface area (Å²) in [5.74, 6) is -0.0721. The Balaban J connectivity index is 2.00. The van der Waals surface area contributed by atoms with Gasteiger partial charge in [0, 0.05) is 21.7 Å². The van der Waals surface area contributed by atoms with Crippen molar-refractivity contribution in [3.63, 3.8) is 0 Å². The molecule has 1 saturated heterocycles. The second-order valence-corrected chi connectivity index (χ2v) is 6.66. The number of hydrogen-bond acceptors (Lipinski definition) is 2. The van der Waals surface area contributed by atoms with Crippen molar-refractivity contribution in [2.45, 2.75) is 25.3 Å². The molecule has 1 heterocycles. The molecule has 0 aromatic heterocycles. The van der Waals surface area contributed by atoms with Crippen LogP contribution >= 0.6 is 23.2 Å². The molecule has 120 valence electrons. The summed E-state index contributed by atoms with van der Waals surface area (Å²) in [6.07, 6.45) is 0.774. The van der Waals surface area contributed by atoms with Gasteiger partial charge >= 0.3 is 0 Å². The van der Waals surface area contributed by atoms with Crippen molar-refractivity contribution < 1.29 is 4.79 Å². The third-order valence-corrected chi connectivity index (χ3v) is 5.06. The van der Waals surface area contributed by atoms with Crippen molar-refractivity contribution in [2.24, 2.45) is 5.73 Å². The third-order valence-electron chi connectivity index (χ3n) is 4.43. The van der Waals surface area contributed by atoms with Gasteiger partial charge in [0.15, 0.2) is 0 Å². The molecule has 1 aliphatic heterocycles. The second-order valence-electron chi connectivity index (χ2n) is 5.85. The second kappa shape index (κ2) is 6.52. The number of nitrogens with two attached hydrogens (primary N) is 1. The fourth-order valence-electron chi connectivity index (χ4n) is 3.22. The van der Waals surface area contributed by atoms with Crippen molar-refractivity contribution >= 4 is 29.1 Å². The van der Waals surface area contributed by atoms with Crippen LogP contribution in [-0.2, 0) is 4.79 Å². The van der Waals surface area contributed by atoms with Crippen molar-refractivity contribution in [1.29, 1.82) is 0 Å². The number of hydrogen-bond donors (Lipinski definition) is 1. The lowest BCUT2D eigenvalue weighted by molar-refractivity contribution is -0.129. The van der Waals surface area contributed by atoms with Crippen molar-refractivity contribution in [3.05, 3.63) is 58.1 Å². The predicted octanol–water partition coefficient (Wildman–Crippen LogP) is 4.28. The normalized spacial score (nSPS) is 21.0. The molecule has 2 aromatic rings. The van der Waals surface area contributed by atoms with Crippen LogP contribution in [0.25, 0.3) is 11.1 Å². The van der Waals surface area contributed by atoms with Gasteiger partial charge in [-0.15, -0.1) is 0 Å². The number of rotatable bonds is 3. The molecular formula is C18H18Cl2N2O. The molecule has 0 radical (unpaired) electrons. The van der Waals surface area contributed by atoms with Gasteiger partial charge in [0.25, 0.3) is 0 Å². The number of halogens is 2. The first-order valence-electron chi connectivity index (χ1n) is 7.57. The highest BCUT2D eigenvalue weighted by atomic mass is 35.5. The van der Waals surface area contributed by atoms with Crippen LogP contribution in [0.2, 0.25) is 10.0 Å². The molecule has 23 heavy (non-hydrogen) atoms. The van der Waals surface area contributed by atoms with E-state index in [0.29, 0.717) is 10.0 Å². The average molecular weight is 349 g/mol. The highest BCUT2D eigenvalue weighted by Crippen LogP contribution is 2.38. The summed E-state index contributed by atoms with van der Waals surface area (Å²) in [5.41, 5.74) is 8.38. The van der Waals surface area contributed by atoms with Gasteiger partial charge in [0.2, 0.25) is 5.91 Å². The van der Waals surface area contributed by atoms with Gasteiger partial charge in [-0.3, -0.25) is 4.79 Å². The minimum Gasteiger partial charge on any atom is -0.327 e. The Hall–Kier alpha value is -1.55. The van der Waals surface area contributed by atoms with E-state index in [1.165, 1.54) is 0 Å². The van der Waals surface area contributed by atoms with Gasteiger partial charge in [-0.1, -0.05) is 53.5 Å². The van der Waals surface area contributed by atoms with Crippen LogP contribution in [0.4, 0.5) is 0 Å². The lowest BCUT2D eigenvalue weighted by atomic mass is 9.93. The van der Waals surface area contributed by atoms with Crippen LogP contribution < -0.4 is 5.73 Å². The van der Waals surface area contributed by atoms with Gasteiger partial charge in [-0.25, -0.2) is 0 Å². The van der Waals surface area contributed by atoms with E-state index in [2.05, 4.69) is 0 Å². The molecule has 3 nitrogen and oxygen atoms in total. The van der Waals surface area contributed by atoms with E-state index in [1.54, 1.807) is 4.90 Å². The standard InChI is InChI=1S/C18H18Cl2N2O/c1-11-8-14(18(23)22(11)10-21)12-4-2-5-13(9-12)17-15(19)6-3-7-16(17)20/h2-7,9,11,14H,8,10,21H2,1H3/t11?,14-/m1/s1. The highest BCUT2D eigenvalue weighted by Gasteiger charge is 2.37. The molecule has 0 bridgehead atoms. The first-order chi connectivity index (χ1) is 11.0. The Morgan fingerprint density at radius 3 is 2.43 bits per heavy atom. The number of nitrogens with zero attached hydrogens (tertiary/aromatic N) is 1. The quantitative estimate of drug-likeness (QED) is 0.899. The molecule has 2 aromatic carbocycles. The Labute approximate surface area is 146 Å². The molecule has 1 unspecified atom stereocenters. The number of likely N-dealkylation sites (tertiary alicyclic amines) is 1. The molecule has 1 amide bonds. The first-order valence-corrected chi connectivity index (χ1v) is 8.33. The number of amides is 1. The minimum absolute atomic E-state index is 0.0856. The van der Waals surface area contributed by atoms with Crippen LogP contribution in [0, 0.1) is 0 Å². The molecule has 0 saturated carbocycles. The summed E-state index contributed by atoms with van der Waals surface area (Å²) < 4.78 is 0. The van der Waals surface area contributed by atoms with Crippen molar-refractivity contribution in [2.75, 3.05) is 6.67 Å². The topological polar surface area (TPSA) is 46.3 Å². The highest BCUT2D eigenvalue weighted by molar-refractivity contribution is 6.39. The summed E-state index contributed by atoms with van der Waals surface area (Å²) in [6, 6.07) is 13.5. The zero-order valence-corrected chi connectivity index (χ0v) is 14.3. The molecule has 2 N–H and O–H groups in total. The van der Waals surface area contributed by atoms with Gasteiger partial charge in [-0.05, 0) is 36.6 Å². The van der Waals surface area contributed by atoms with Gasteiger partial charge in [0.05, 0.1) is 12.6 Å². The first kappa shape index (κ1) is 16.3. The summed E-state index contributed by atoms with van der Waals surface area (Å²) >= 11 is 12.6. The van der Waals surface area contributed by atoms with Gasteiger partial charge < -0.3 is 10.6 Å². The zero-order valence-electron chi connectivity index (χ0n) is 12.8. The summed E-state index contributed by atoms with van der Waals surface area (Å²) in [6.45, 7) is 2.28. The molecule has 5 heteroatoms. The van der Waals surface area contributed by atoms with Crippen LogP contribution in [0.15, 0.2) is 42.5 Å². The lowest BCUT2D eigenvalue weighted by Crippen LogP contribution is -2.36. The molecule has 2 atom stereocenters. The average Bonchev–Trinajstić information content (AvgIpc) is 2.82. The number of carbonyl (C=O) groups is 1. The Kier molecular flexibility index (Phi) is 4.62. The monoisotopic (exact) mass is 348 g/mol. The SMILES string of the molecule is CC1C[C@H](c2cccc(-c3c(Cl)cccc3Cl)c2)C(=O)N1CN. The summed E-state index contributed by atoms with van der Waals surface area (Å²) in [4.78, 5) is 14.2. The van der Waals surface area contributed by atoms with Crippen LogP contribution in [0.1, 0.15) is 24.8 Å². The molecule has 0 spiro atoms. The minimum atomic E-state index is -0.158. The van der Waals surface area contributed by atoms with E-state index < -0.39 is 0 Å². The largest absolute Gasteiger partial charge is 0.327 e. The molecule has 1 aliphatic rings. The number of benzene rings is 2. The van der Waals surface area contributed by atoms with Crippen molar-refractivity contribution in [3.8, 4) is 11.1 Å². The van der Waals surface area contributed by atoms with E-state index in [-0.39, 0.29) is 24.5 Å². The van der Waals surface area contributed by atoms with E-state index >= 15 is 0 Å². The smallest absolute Gasteiger partial charge is 0.231 e. The van der Waals surface area contributed by atoms with E-state index in [9.17, 15) is 4.79 Å². The van der Waals surface area contributed by atoms with Gasteiger partial charge in [0.1, 0.15) is 0 Å². The fourth-order valence-corrected chi connectivity index (χ4v) is 3.84. The summed E-state index contributed by atoms with van der Waals surface area (Å²) in [7, 11) is 0. The molecular weight excluding hydrogens is 331 g/mol. The van der Waals surface area contributed by atoms with Crippen LogP contribution in [-0.4, -0.2) is 23.5 Å². The Morgan fingerprint density at radius 2 is 1.83 bits per heavy atom. The zero-order chi connectivity index (χ0) is 16.6. The van der Waals surface area contributed by atoms with E-state index in [4.69, 9.17) is 28.9 Å². The summed E-state index contributed by atoms with van der Waals surface area (Å²) in [5, 5.41) is 1.20. The number of carbonyl (C=O) groups excluding carboxylic acids is 1. The molecule has 3 rings (SSSR count). The maximum absolute atomic E-state index is 12.5. The van der Waals surface area contributed by atoms with Gasteiger partial charge in [-0.2, -0.15) is 0 Å². The third kappa shape index (κ3) is 2.97. The molecule has 0 aliphatic carbocycles. The predicted molar refractivity (Wildman–Crippen MR) is 94.6 cm³/mol. The van der Waals surface area contributed by atoms with Crippen LogP contribution in [0.5, 0.6) is 0 Å².